The van der Waals surface area contributed by atoms with Gasteiger partial charge in [-0.2, -0.15) is 5.26 Å². The predicted octanol–water partition coefficient (Wildman–Crippen LogP) is 3.14. The quantitative estimate of drug-likeness (QED) is 0.474. The van der Waals surface area contributed by atoms with Crippen molar-refractivity contribution in [3.63, 3.8) is 0 Å². The van der Waals surface area contributed by atoms with E-state index in [0.717, 1.165) is 37.2 Å². The second-order valence-electron chi connectivity index (χ2n) is 8.24. The number of carbonyl (C=O) groups is 1. The summed E-state index contributed by atoms with van der Waals surface area (Å²) < 4.78 is 4.66. The van der Waals surface area contributed by atoms with Crippen molar-refractivity contribution in [3.8, 4) is 6.07 Å². The van der Waals surface area contributed by atoms with Crippen molar-refractivity contribution in [2.45, 2.75) is 38.1 Å². The van der Waals surface area contributed by atoms with Gasteiger partial charge in [-0.1, -0.05) is 18.6 Å². The Labute approximate surface area is 182 Å². The number of carbonyl (C=O) groups excluding carboxylic acids is 1. The molecule has 1 aliphatic carbocycles. The van der Waals surface area contributed by atoms with Crippen LogP contribution in [0.5, 0.6) is 0 Å². The maximum absolute atomic E-state index is 12.7. The highest BCUT2D eigenvalue weighted by molar-refractivity contribution is 6.01. The molecule has 2 N–H and O–H groups in total. The van der Waals surface area contributed by atoms with Crippen molar-refractivity contribution in [1.29, 1.82) is 5.26 Å². The number of hydrogen-bond donors (Lipinski definition) is 2. The van der Waals surface area contributed by atoms with Gasteiger partial charge in [0.15, 0.2) is 6.26 Å². The number of nitrogens with zero attached hydrogens (tertiary/aromatic N) is 4. The first-order chi connectivity index (χ1) is 15.2. The minimum Gasteiger partial charge on any atom is -0.384 e. The smallest absolute Gasteiger partial charge is 0.262 e. The van der Waals surface area contributed by atoms with Crippen molar-refractivity contribution < 1.29 is 9.32 Å². The zero-order valence-corrected chi connectivity index (χ0v) is 17.6. The fraction of sp³-hybridized carbons (Fsp3) is 0.478. The molecule has 8 nitrogen and oxygen atoms in total. The molecule has 0 radical (unpaired) electrons. The number of nitrogens with one attached hydrogen (secondary N) is 2. The van der Waals surface area contributed by atoms with Gasteiger partial charge >= 0.3 is 0 Å². The van der Waals surface area contributed by atoms with Crippen molar-refractivity contribution in [1.82, 2.24) is 20.6 Å². The Bertz CT molecular complexity index is 922. The summed E-state index contributed by atoms with van der Waals surface area (Å²) in [6.07, 6.45) is 8.78. The number of rotatable bonds is 9. The SMILES string of the molecule is N#C/C(=C\c1conn1)C(=O)NC(c1ccc(NCCN2CCCCC2)cc1)C1CC1. The summed E-state index contributed by atoms with van der Waals surface area (Å²) in [5.74, 6) is -0.0124. The van der Waals surface area contributed by atoms with Gasteiger partial charge in [-0.3, -0.25) is 4.79 Å². The molecule has 1 aliphatic heterocycles. The van der Waals surface area contributed by atoms with E-state index in [1.54, 1.807) is 0 Å². The Morgan fingerprint density at radius 2 is 2.03 bits per heavy atom. The largest absolute Gasteiger partial charge is 0.384 e. The summed E-state index contributed by atoms with van der Waals surface area (Å²) >= 11 is 0. The summed E-state index contributed by atoms with van der Waals surface area (Å²) in [6, 6.07) is 10.1. The lowest BCUT2D eigenvalue weighted by Gasteiger charge is -2.26. The zero-order chi connectivity index (χ0) is 21.5. The van der Waals surface area contributed by atoms with E-state index in [4.69, 9.17) is 0 Å². The Morgan fingerprint density at radius 3 is 2.68 bits per heavy atom. The molecular weight excluding hydrogens is 392 g/mol. The molecule has 2 aliphatic rings. The molecule has 162 valence electrons. The van der Waals surface area contributed by atoms with Gasteiger partial charge in [0.05, 0.1) is 6.04 Å². The first kappa shape index (κ1) is 21.1. The third-order valence-electron chi connectivity index (χ3n) is 5.89. The van der Waals surface area contributed by atoms with E-state index in [1.165, 1.54) is 44.7 Å². The number of nitriles is 1. The van der Waals surface area contributed by atoms with Gasteiger partial charge in [-0.05, 0) is 68.5 Å². The Balaban J connectivity index is 1.34. The van der Waals surface area contributed by atoms with Crippen LogP contribution in [-0.2, 0) is 4.79 Å². The standard InChI is InChI=1S/C23H28N6O2/c24-15-19(14-21-16-31-28-27-21)23(30)26-22(17-4-5-17)18-6-8-20(9-7-18)25-10-13-29-11-2-1-3-12-29/h6-9,14,16-17,22,25H,1-5,10-13H2,(H,26,30)/b19-14+. The molecule has 1 saturated heterocycles. The molecule has 1 aromatic heterocycles. The second kappa shape index (κ2) is 10.2. The molecule has 1 saturated carbocycles. The normalized spacial score (nSPS) is 18.2. The van der Waals surface area contributed by atoms with Crippen LogP contribution in [0.15, 0.2) is 40.6 Å². The van der Waals surface area contributed by atoms with Crippen molar-refractivity contribution in [3.05, 3.63) is 47.4 Å². The molecule has 4 rings (SSSR count). The topological polar surface area (TPSA) is 107 Å². The van der Waals surface area contributed by atoms with E-state index in [0.29, 0.717) is 11.6 Å². The molecule has 1 unspecified atom stereocenters. The van der Waals surface area contributed by atoms with E-state index < -0.39 is 5.91 Å². The van der Waals surface area contributed by atoms with Gasteiger partial charge in [-0.15, -0.1) is 5.10 Å². The van der Waals surface area contributed by atoms with Crippen LogP contribution in [0.2, 0.25) is 0 Å². The minimum atomic E-state index is -0.411. The van der Waals surface area contributed by atoms with Crippen molar-refractivity contribution >= 4 is 17.7 Å². The van der Waals surface area contributed by atoms with Gasteiger partial charge < -0.3 is 20.1 Å². The fourth-order valence-electron chi connectivity index (χ4n) is 4.00. The number of hydrogen-bond acceptors (Lipinski definition) is 7. The average molecular weight is 421 g/mol. The average Bonchev–Trinajstić information content (AvgIpc) is 3.52. The van der Waals surface area contributed by atoms with Gasteiger partial charge in [0.1, 0.15) is 17.3 Å². The molecule has 2 heterocycles. The molecular formula is C23H28N6O2. The van der Waals surface area contributed by atoms with Gasteiger partial charge in [0.25, 0.3) is 5.91 Å². The first-order valence-electron chi connectivity index (χ1n) is 11.0. The molecule has 31 heavy (non-hydrogen) atoms. The number of amides is 1. The predicted molar refractivity (Wildman–Crippen MR) is 117 cm³/mol. The number of benzene rings is 1. The highest BCUT2D eigenvalue weighted by Crippen LogP contribution is 2.41. The summed E-state index contributed by atoms with van der Waals surface area (Å²) in [6.45, 7) is 4.40. The molecule has 1 amide bonds. The maximum Gasteiger partial charge on any atom is 0.262 e. The first-order valence-corrected chi connectivity index (χ1v) is 11.0. The van der Waals surface area contributed by atoms with E-state index in [1.807, 2.05) is 6.07 Å². The minimum absolute atomic E-state index is 0.0163. The fourth-order valence-corrected chi connectivity index (χ4v) is 4.00. The van der Waals surface area contributed by atoms with Crippen LogP contribution >= 0.6 is 0 Å². The van der Waals surface area contributed by atoms with Gasteiger partial charge in [0, 0.05) is 24.0 Å². The summed E-state index contributed by atoms with van der Waals surface area (Å²) in [5, 5.41) is 23.0. The second-order valence-corrected chi connectivity index (χ2v) is 8.24. The van der Waals surface area contributed by atoms with Gasteiger partial charge in [-0.25, -0.2) is 0 Å². The van der Waals surface area contributed by atoms with E-state index in [2.05, 4.69) is 54.7 Å². The third-order valence-corrected chi connectivity index (χ3v) is 5.89. The lowest BCUT2D eigenvalue weighted by Crippen LogP contribution is -2.33. The Hall–Kier alpha value is -3.18. The van der Waals surface area contributed by atoms with Gasteiger partial charge in [0.2, 0.25) is 0 Å². The number of piperidine rings is 1. The van der Waals surface area contributed by atoms with E-state index in [9.17, 15) is 10.1 Å². The van der Waals surface area contributed by atoms with Crippen LogP contribution in [-0.4, -0.2) is 47.4 Å². The molecule has 1 aromatic carbocycles. The highest BCUT2D eigenvalue weighted by Gasteiger charge is 2.34. The van der Waals surface area contributed by atoms with Crippen LogP contribution in [0.4, 0.5) is 5.69 Å². The Kier molecular flexibility index (Phi) is 6.95. The van der Waals surface area contributed by atoms with Crippen LogP contribution in [0.1, 0.15) is 49.4 Å². The molecule has 0 bridgehead atoms. The monoisotopic (exact) mass is 420 g/mol. The number of aromatic nitrogens is 2. The van der Waals surface area contributed by atoms with E-state index >= 15 is 0 Å². The maximum atomic E-state index is 12.7. The summed E-state index contributed by atoms with van der Waals surface area (Å²) in [7, 11) is 0. The third kappa shape index (κ3) is 5.92. The molecule has 2 aromatic rings. The highest BCUT2D eigenvalue weighted by atomic mass is 16.5. The van der Waals surface area contributed by atoms with Crippen LogP contribution in [0, 0.1) is 17.2 Å². The van der Waals surface area contributed by atoms with Crippen molar-refractivity contribution in [2.75, 3.05) is 31.5 Å². The molecule has 1 atom stereocenters. The van der Waals surface area contributed by atoms with Crippen molar-refractivity contribution in [2.24, 2.45) is 5.92 Å². The number of anilines is 1. The summed E-state index contributed by atoms with van der Waals surface area (Å²) in [5.41, 5.74) is 2.46. The van der Waals surface area contributed by atoms with Crippen LogP contribution < -0.4 is 10.6 Å². The molecule has 2 fully saturated rings. The zero-order valence-electron chi connectivity index (χ0n) is 17.6. The lowest BCUT2D eigenvalue weighted by molar-refractivity contribution is -0.117. The molecule has 8 heteroatoms. The van der Waals surface area contributed by atoms with Crippen LogP contribution in [0.25, 0.3) is 6.08 Å². The van der Waals surface area contributed by atoms with Crippen LogP contribution in [0.3, 0.4) is 0 Å². The lowest BCUT2D eigenvalue weighted by atomic mass is 10.0. The molecule has 0 spiro atoms. The summed E-state index contributed by atoms with van der Waals surface area (Å²) in [4.78, 5) is 15.2. The Morgan fingerprint density at radius 1 is 1.26 bits per heavy atom. The van der Waals surface area contributed by atoms with E-state index in [-0.39, 0.29) is 11.6 Å². The number of likely N-dealkylation sites (tertiary alicyclic amines) is 1.